The van der Waals surface area contributed by atoms with Gasteiger partial charge in [0.25, 0.3) is 0 Å². The van der Waals surface area contributed by atoms with Crippen LogP contribution in [0.2, 0.25) is 0 Å². The van der Waals surface area contributed by atoms with Crippen LogP contribution in [0.4, 0.5) is 5.69 Å². The van der Waals surface area contributed by atoms with Crippen molar-refractivity contribution < 1.29 is 14.5 Å². The maximum atomic E-state index is 9.28. The molecular weight excluding hydrogens is 428 g/mol. The lowest BCUT2D eigenvalue weighted by Gasteiger charge is -2.18. The maximum Gasteiger partial charge on any atom is 0.216 e. The highest BCUT2D eigenvalue weighted by Crippen LogP contribution is 2.44. The monoisotopic (exact) mass is 463 g/mol. The Morgan fingerprint density at radius 3 is 2.26 bits per heavy atom. The van der Waals surface area contributed by atoms with Gasteiger partial charge in [-0.1, -0.05) is 75.4 Å². The van der Waals surface area contributed by atoms with Crippen molar-refractivity contribution in [1.82, 2.24) is 0 Å². The molecule has 0 atom stereocenters. The Morgan fingerprint density at radius 2 is 1.60 bits per heavy atom. The van der Waals surface area contributed by atoms with Gasteiger partial charge in [-0.05, 0) is 35.4 Å². The molecule has 0 saturated carbocycles. The van der Waals surface area contributed by atoms with Crippen LogP contribution in [0, 0.1) is 25.8 Å². The van der Waals surface area contributed by atoms with Gasteiger partial charge >= 0.3 is 0 Å². The van der Waals surface area contributed by atoms with Gasteiger partial charge in [-0.15, -0.1) is 0 Å². The zero-order chi connectivity index (χ0) is 28.4. The first-order chi connectivity index (χ1) is 18.3. The van der Waals surface area contributed by atoms with Crippen molar-refractivity contribution in [2.75, 3.05) is 0 Å². The van der Waals surface area contributed by atoms with Gasteiger partial charge in [-0.2, -0.15) is 4.57 Å². The van der Waals surface area contributed by atoms with Crippen LogP contribution < -0.4 is 4.57 Å². The smallest absolute Gasteiger partial charge is 0.216 e. The van der Waals surface area contributed by atoms with Crippen LogP contribution in [0.3, 0.4) is 0 Å². The zero-order valence-electron chi connectivity index (χ0n) is 25.0. The number of rotatable bonds is 3. The topological polar surface area (TPSA) is 21.4 Å². The summed E-state index contributed by atoms with van der Waals surface area (Å²) in [4.78, 5) is 3.77. The second-order valence-corrected chi connectivity index (χ2v) is 10.0. The fourth-order valence-electron chi connectivity index (χ4n) is 4.60. The molecule has 0 aliphatic rings. The molecule has 0 bridgehead atoms. The molecule has 0 fully saturated rings. The maximum absolute atomic E-state index is 9.28. The number of furan rings is 1. The lowest BCUT2D eigenvalue weighted by Crippen LogP contribution is -2.35. The molecule has 5 aromatic rings. The second kappa shape index (κ2) is 8.40. The summed E-state index contributed by atoms with van der Waals surface area (Å²) in [5, 5.41) is 1.72. The normalized spacial score (nSPS) is 13.9. The Bertz CT molecular complexity index is 1820. The molecule has 0 saturated heterocycles. The van der Waals surface area contributed by atoms with Gasteiger partial charge in [0.15, 0.2) is 11.4 Å². The number of pyridine rings is 1. The average molecular weight is 464 g/mol. The lowest BCUT2D eigenvalue weighted by atomic mass is 9.87. The fraction of sp³-hybridized carbons (Fsp3) is 0.250. The first-order valence-corrected chi connectivity index (χ1v) is 11.7. The third-order valence-electron chi connectivity index (χ3n) is 6.30. The van der Waals surface area contributed by atoms with Gasteiger partial charge in [0, 0.05) is 38.1 Å². The molecule has 5 rings (SSSR count). The van der Waals surface area contributed by atoms with Gasteiger partial charge in [-0.3, -0.25) is 0 Å². The first kappa shape index (κ1) is 18.4. The van der Waals surface area contributed by atoms with Gasteiger partial charge in [0.1, 0.15) is 18.2 Å². The highest BCUT2D eigenvalue weighted by atomic mass is 16.3. The summed E-state index contributed by atoms with van der Waals surface area (Å²) in [7, 11) is 1.81. The number of fused-ring (bicyclic) bond motifs is 3. The van der Waals surface area contributed by atoms with Crippen LogP contribution in [0.5, 0.6) is 0 Å². The number of benzene rings is 3. The minimum Gasteiger partial charge on any atom is -0.456 e. The van der Waals surface area contributed by atoms with Crippen LogP contribution in [0.25, 0.3) is 49.2 Å². The molecule has 35 heavy (non-hydrogen) atoms. The van der Waals surface area contributed by atoms with Gasteiger partial charge in [-0.25, -0.2) is 4.85 Å². The molecule has 0 amide bonds. The van der Waals surface area contributed by atoms with Crippen molar-refractivity contribution in [2.45, 2.75) is 41.0 Å². The molecule has 0 unspecified atom stereocenters. The highest BCUT2D eigenvalue weighted by Gasteiger charge is 2.25. The molecule has 2 aromatic heterocycles. The molecular formula is C32H31N2O+. The Balaban J connectivity index is 1.94. The van der Waals surface area contributed by atoms with Gasteiger partial charge in [0.2, 0.25) is 5.69 Å². The summed E-state index contributed by atoms with van der Waals surface area (Å²) in [6.07, 6.45) is -1.92. The van der Waals surface area contributed by atoms with E-state index in [1.807, 2.05) is 68.6 Å². The van der Waals surface area contributed by atoms with Crippen LogP contribution in [-0.4, -0.2) is 0 Å². The molecule has 0 aliphatic carbocycles. The van der Waals surface area contributed by atoms with E-state index < -0.39 is 11.8 Å². The van der Waals surface area contributed by atoms with E-state index in [1.165, 1.54) is 0 Å². The molecule has 174 valence electrons. The van der Waals surface area contributed by atoms with Crippen LogP contribution >= 0.6 is 0 Å². The SMILES string of the molecule is [2H]c1c(C([2H])([2H])C(C)(C)C)c([2H])c(-c2c(C)ccc3c2oc2c(-c4ccccc4)c([N+]#[C-])ccc23)[n+](C)c1C. The summed E-state index contributed by atoms with van der Waals surface area (Å²) in [5.74, 6) is 0. The van der Waals surface area contributed by atoms with Crippen molar-refractivity contribution in [3.63, 3.8) is 0 Å². The standard InChI is InChI=1S/C32H31N2O/c1-20-13-14-24-25-15-16-26(33-6)29(23-11-9-8-10-12-23)31(25)35-30(24)28(20)27-18-22(19-32(3,4)5)17-21(2)34(27)7/h8-18H,19H2,1-5,7H3/q+1/i17D,18D,19D2. The Hall–Kier alpha value is -3.90. The van der Waals surface area contributed by atoms with E-state index in [9.17, 15) is 1.37 Å². The summed E-state index contributed by atoms with van der Waals surface area (Å²) in [6.45, 7) is 16.9. The molecule has 0 N–H and O–H groups in total. The van der Waals surface area contributed by atoms with Crippen molar-refractivity contribution >= 4 is 27.6 Å². The lowest BCUT2D eigenvalue weighted by molar-refractivity contribution is -0.666. The third kappa shape index (κ3) is 4.00. The quantitative estimate of drug-likeness (QED) is 0.194. The Morgan fingerprint density at radius 1 is 0.943 bits per heavy atom. The van der Waals surface area contributed by atoms with Crippen LogP contribution in [0.15, 0.2) is 71.1 Å². The fourth-order valence-corrected chi connectivity index (χ4v) is 4.60. The zero-order valence-corrected chi connectivity index (χ0v) is 21.0. The summed E-state index contributed by atoms with van der Waals surface area (Å²) in [6, 6.07) is 17.4. The van der Waals surface area contributed by atoms with Crippen molar-refractivity contribution in [2.24, 2.45) is 12.5 Å². The van der Waals surface area contributed by atoms with E-state index in [1.54, 1.807) is 32.3 Å². The predicted octanol–water partition coefficient (Wildman–Crippen LogP) is 8.50. The summed E-state index contributed by atoms with van der Waals surface area (Å²) in [5.41, 5.74) is 5.15. The molecule has 0 radical (unpaired) electrons. The number of aryl methyl sites for hydroxylation is 1. The molecule has 0 aliphatic heterocycles. The third-order valence-corrected chi connectivity index (χ3v) is 6.30. The van der Waals surface area contributed by atoms with Crippen molar-refractivity contribution in [3.05, 3.63) is 94.9 Å². The van der Waals surface area contributed by atoms with E-state index in [2.05, 4.69) is 4.85 Å². The summed E-state index contributed by atoms with van der Waals surface area (Å²) >= 11 is 0. The van der Waals surface area contributed by atoms with E-state index in [0.717, 1.165) is 27.5 Å². The second-order valence-electron chi connectivity index (χ2n) is 10.0. The van der Waals surface area contributed by atoms with Gasteiger partial charge < -0.3 is 4.42 Å². The highest BCUT2D eigenvalue weighted by molar-refractivity contribution is 6.15. The molecule has 3 heteroatoms. The Labute approximate surface area is 213 Å². The number of hydrogen-bond acceptors (Lipinski definition) is 1. The largest absolute Gasteiger partial charge is 0.456 e. The van der Waals surface area contributed by atoms with Crippen LogP contribution in [0.1, 0.15) is 43.1 Å². The molecule has 3 aromatic carbocycles. The van der Waals surface area contributed by atoms with E-state index in [-0.39, 0.29) is 17.6 Å². The average Bonchev–Trinajstić information content (AvgIpc) is 3.26. The molecule has 3 nitrogen and oxygen atoms in total. The number of nitrogens with zero attached hydrogens (tertiary/aromatic N) is 2. The number of aromatic nitrogens is 1. The van der Waals surface area contributed by atoms with E-state index in [4.69, 9.17) is 15.1 Å². The minimum atomic E-state index is -1.92. The van der Waals surface area contributed by atoms with Gasteiger partial charge in [0.05, 0.1) is 14.9 Å². The van der Waals surface area contributed by atoms with E-state index >= 15 is 0 Å². The Kier molecular flexibility index (Phi) is 4.42. The first-order valence-electron chi connectivity index (χ1n) is 13.7. The molecule has 0 spiro atoms. The van der Waals surface area contributed by atoms with Crippen molar-refractivity contribution in [3.8, 4) is 22.4 Å². The van der Waals surface area contributed by atoms with Crippen molar-refractivity contribution in [1.29, 1.82) is 0 Å². The van der Waals surface area contributed by atoms with E-state index in [0.29, 0.717) is 33.8 Å². The molecule has 2 heterocycles. The number of hydrogen-bond donors (Lipinski definition) is 0. The van der Waals surface area contributed by atoms with Crippen LogP contribution in [-0.2, 0) is 13.4 Å². The summed E-state index contributed by atoms with van der Waals surface area (Å²) < 4.78 is 44.5. The minimum absolute atomic E-state index is 0.0192. The predicted molar refractivity (Wildman–Crippen MR) is 145 cm³/mol.